The first-order chi connectivity index (χ1) is 13.1. The van der Waals surface area contributed by atoms with Crippen LogP contribution >= 0.6 is 0 Å². The van der Waals surface area contributed by atoms with E-state index in [9.17, 15) is 14.7 Å². The number of aromatic carboxylic acids is 1. The topological polar surface area (TPSA) is 91.4 Å². The number of aromatic nitrogens is 1. The molecule has 1 heterocycles. The zero-order valence-electron chi connectivity index (χ0n) is 14.6. The van der Waals surface area contributed by atoms with Crippen LogP contribution in [0.4, 0.5) is 4.79 Å². The normalized spacial score (nSPS) is 11.0. The van der Waals surface area contributed by atoms with E-state index >= 15 is 0 Å². The zero-order valence-corrected chi connectivity index (χ0v) is 14.6. The van der Waals surface area contributed by atoms with E-state index in [1.807, 2.05) is 60.7 Å². The van der Waals surface area contributed by atoms with Gasteiger partial charge in [-0.05, 0) is 29.7 Å². The standard InChI is InChI=1S/C21H20N2O4/c24-20(25)18-13-23-19-10-9-15(12-17(18)19)6-4-5-11-22-21(26)27-14-16-7-2-1-3-8-16/h1-4,6-10,12-13,23H,5,11,14H2,(H,22,26)(H,24,25). The molecule has 3 N–H and O–H groups in total. The number of carboxylic acids is 1. The quantitative estimate of drug-likeness (QED) is 0.548. The molecule has 2 aromatic carbocycles. The van der Waals surface area contributed by atoms with Crippen LogP contribution in [0.3, 0.4) is 0 Å². The largest absolute Gasteiger partial charge is 0.478 e. The predicted molar refractivity (Wildman–Crippen MR) is 104 cm³/mol. The van der Waals surface area contributed by atoms with Crippen molar-refractivity contribution in [2.75, 3.05) is 6.54 Å². The lowest BCUT2D eigenvalue weighted by molar-refractivity contribution is 0.0699. The molecule has 1 amide bonds. The number of nitrogens with one attached hydrogen (secondary N) is 2. The van der Waals surface area contributed by atoms with E-state index in [0.29, 0.717) is 18.4 Å². The second kappa shape index (κ2) is 8.71. The first-order valence-electron chi connectivity index (χ1n) is 8.59. The Labute approximate surface area is 156 Å². The molecule has 1 aromatic heterocycles. The molecule has 0 saturated heterocycles. The van der Waals surface area contributed by atoms with Gasteiger partial charge in [-0.2, -0.15) is 0 Å². The zero-order chi connectivity index (χ0) is 19.1. The molecule has 3 aromatic rings. The third kappa shape index (κ3) is 4.98. The molecule has 0 bridgehead atoms. The average Bonchev–Trinajstić information content (AvgIpc) is 3.10. The van der Waals surface area contributed by atoms with Gasteiger partial charge in [0.05, 0.1) is 5.56 Å². The first-order valence-corrected chi connectivity index (χ1v) is 8.59. The van der Waals surface area contributed by atoms with Gasteiger partial charge >= 0.3 is 12.1 Å². The van der Waals surface area contributed by atoms with Gasteiger partial charge in [0, 0.05) is 23.6 Å². The number of ether oxygens (including phenoxy) is 1. The Morgan fingerprint density at radius 3 is 2.74 bits per heavy atom. The van der Waals surface area contributed by atoms with E-state index in [-0.39, 0.29) is 12.2 Å². The highest BCUT2D eigenvalue weighted by atomic mass is 16.5. The van der Waals surface area contributed by atoms with Crippen LogP contribution in [0.2, 0.25) is 0 Å². The molecule has 0 radical (unpaired) electrons. The third-order valence-electron chi connectivity index (χ3n) is 4.04. The Hall–Kier alpha value is -3.54. The van der Waals surface area contributed by atoms with Crippen molar-refractivity contribution < 1.29 is 19.4 Å². The van der Waals surface area contributed by atoms with Gasteiger partial charge in [-0.1, -0.05) is 48.6 Å². The van der Waals surface area contributed by atoms with Gasteiger partial charge in [0.15, 0.2) is 0 Å². The lowest BCUT2D eigenvalue weighted by Crippen LogP contribution is -2.24. The fraction of sp³-hybridized carbons (Fsp3) is 0.143. The van der Waals surface area contributed by atoms with E-state index in [2.05, 4.69) is 10.3 Å². The number of fused-ring (bicyclic) bond motifs is 1. The lowest BCUT2D eigenvalue weighted by atomic mass is 10.1. The summed E-state index contributed by atoms with van der Waals surface area (Å²) in [5.41, 5.74) is 2.88. The van der Waals surface area contributed by atoms with Gasteiger partial charge in [-0.3, -0.25) is 0 Å². The Morgan fingerprint density at radius 1 is 1.15 bits per heavy atom. The Morgan fingerprint density at radius 2 is 1.96 bits per heavy atom. The van der Waals surface area contributed by atoms with Crippen molar-refractivity contribution in [1.82, 2.24) is 10.3 Å². The number of carbonyl (C=O) groups is 2. The third-order valence-corrected chi connectivity index (χ3v) is 4.04. The van der Waals surface area contributed by atoms with Crippen molar-refractivity contribution in [2.24, 2.45) is 0 Å². The average molecular weight is 364 g/mol. The van der Waals surface area contributed by atoms with Crippen molar-refractivity contribution >= 4 is 29.0 Å². The van der Waals surface area contributed by atoms with Crippen LogP contribution in [0.15, 0.2) is 60.8 Å². The predicted octanol–water partition coefficient (Wildman–Crippen LogP) is 4.20. The molecule has 6 heteroatoms. The molecular formula is C21H20N2O4. The number of aromatic amines is 1. The summed E-state index contributed by atoms with van der Waals surface area (Å²) in [6.07, 6.45) is 5.50. The Balaban J connectivity index is 1.45. The van der Waals surface area contributed by atoms with Crippen molar-refractivity contribution in [2.45, 2.75) is 13.0 Å². The summed E-state index contributed by atoms with van der Waals surface area (Å²) < 4.78 is 5.13. The van der Waals surface area contributed by atoms with Crippen LogP contribution in [0.5, 0.6) is 0 Å². The summed E-state index contributed by atoms with van der Waals surface area (Å²) in [5, 5.41) is 12.6. The van der Waals surface area contributed by atoms with Crippen molar-refractivity contribution in [3.8, 4) is 0 Å². The number of alkyl carbamates (subject to hydrolysis) is 1. The number of amides is 1. The summed E-state index contributed by atoms with van der Waals surface area (Å²) in [7, 11) is 0. The maximum Gasteiger partial charge on any atom is 0.407 e. The highest BCUT2D eigenvalue weighted by Crippen LogP contribution is 2.20. The molecule has 6 nitrogen and oxygen atoms in total. The highest BCUT2D eigenvalue weighted by Gasteiger charge is 2.10. The highest BCUT2D eigenvalue weighted by molar-refractivity contribution is 6.03. The molecule has 0 aliphatic carbocycles. The molecule has 0 fully saturated rings. The summed E-state index contributed by atoms with van der Waals surface area (Å²) >= 11 is 0. The molecule has 0 aliphatic rings. The van der Waals surface area contributed by atoms with Crippen molar-refractivity contribution in [3.63, 3.8) is 0 Å². The van der Waals surface area contributed by atoms with Gasteiger partial charge in [0.25, 0.3) is 0 Å². The van der Waals surface area contributed by atoms with E-state index in [1.54, 1.807) is 0 Å². The molecule has 138 valence electrons. The van der Waals surface area contributed by atoms with E-state index in [4.69, 9.17) is 4.74 Å². The Bertz CT molecular complexity index is 961. The molecule has 0 spiro atoms. The summed E-state index contributed by atoms with van der Waals surface area (Å²) in [6, 6.07) is 15.1. The van der Waals surface area contributed by atoms with Crippen molar-refractivity contribution in [3.05, 3.63) is 77.5 Å². The van der Waals surface area contributed by atoms with E-state index in [0.717, 1.165) is 16.6 Å². The van der Waals surface area contributed by atoms with E-state index < -0.39 is 12.1 Å². The molecular weight excluding hydrogens is 344 g/mol. The number of benzene rings is 2. The van der Waals surface area contributed by atoms with Gasteiger partial charge in [-0.25, -0.2) is 9.59 Å². The minimum atomic E-state index is -0.958. The van der Waals surface area contributed by atoms with Crippen LogP contribution in [-0.4, -0.2) is 28.7 Å². The minimum absolute atomic E-state index is 0.241. The van der Waals surface area contributed by atoms with Gasteiger partial charge in [0.1, 0.15) is 6.61 Å². The lowest BCUT2D eigenvalue weighted by Gasteiger charge is -2.05. The van der Waals surface area contributed by atoms with Gasteiger partial charge < -0.3 is 20.1 Å². The number of H-pyrrole nitrogens is 1. The van der Waals surface area contributed by atoms with Crippen LogP contribution in [-0.2, 0) is 11.3 Å². The molecule has 0 aliphatic heterocycles. The first kappa shape index (κ1) is 18.3. The summed E-state index contributed by atoms with van der Waals surface area (Å²) in [6.45, 7) is 0.696. The van der Waals surface area contributed by atoms with Gasteiger partial charge in [0.2, 0.25) is 0 Å². The fourth-order valence-electron chi connectivity index (χ4n) is 2.67. The molecule has 3 rings (SSSR count). The maximum atomic E-state index is 11.7. The molecule has 0 saturated carbocycles. The Kier molecular flexibility index (Phi) is 5.89. The number of rotatable bonds is 7. The number of carboxylic acid groups (broad SMARTS) is 1. The smallest absolute Gasteiger partial charge is 0.407 e. The van der Waals surface area contributed by atoms with Crippen LogP contribution in [0, 0.1) is 0 Å². The second-order valence-corrected chi connectivity index (χ2v) is 5.99. The van der Waals surface area contributed by atoms with Gasteiger partial charge in [-0.15, -0.1) is 0 Å². The van der Waals surface area contributed by atoms with E-state index in [1.165, 1.54) is 6.20 Å². The monoisotopic (exact) mass is 364 g/mol. The van der Waals surface area contributed by atoms with Crippen LogP contribution in [0.25, 0.3) is 17.0 Å². The van der Waals surface area contributed by atoms with Crippen LogP contribution < -0.4 is 5.32 Å². The number of carbonyl (C=O) groups excluding carboxylic acids is 1. The van der Waals surface area contributed by atoms with Crippen LogP contribution in [0.1, 0.15) is 27.9 Å². The number of hydrogen-bond acceptors (Lipinski definition) is 3. The minimum Gasteiger partial charge on any atom is -0.478 e. The molecule has 27 heavy (non-hydrogen) atoms. The summed E-state index contributed by atoms with van der Waals surface area (Å²) in [4.78, 5) is 25.8. The molecule has 0 atom stereocenters. The maximum absolute atomic E-state index is 11.7. The SMILES string of the molecule is O=C(NCCC=Cc1ccc2[nH]cc(C(=O)O)c2c1)OCc1ccccc1. The number of hydrogen-bond donors (Lipinski definition) is 3. The second-order valence-electron chi connectivity index (χ2n) is 5.99. The fourth-order valence-corrected chi connectivity index (χ4v) is 2.67. The summed E-state index contributed by atoms with van der Waals surface area (Å²) in [5.74, 6) is -0.958. The molecule has 0 unspecified atom stereocenters. The van der Waals surface area contributed by atoms with Crippen molar-refractivity contribution in [1.29, 1.82) is 0 Å².